The first kappa shape index (κ1) is 17.5. The number of aromatic nitrogens is 1. The molecule has 0 aliphatic heterocycles. The van der Waals surface area contributed by atoms with E-state index in [0.29, 0.717) is 12.8 Å². The van der Waals surface area contributed by atoms with Crippen LogP contribution in [0.25, 0.3) is 21.3 Å². The molecule has 3 nitrogen and oxygen atoms in total. The molecule has 1 unspecified atom stereocenters. The van der Waals surface area contributed by atoms with Crippen molar-refractivity contribution in [3.63, 3.8) is 0 Å². The standard InChI is InChI=1S/C21H20ClNO2S/c1-3-15-19(22)17(12-6-4-11(2)5-7-12)18-14-9-8-13(21(24)25)10-16(14)26-20(18)23-15/h4-7,13H,3,8-10H2,1-2H3,(H,24,25). The van der Waals surface area contributed by atoms with Gasteiger partial charge in [-0.05, 0) is 43.7 Å². The molecule has 0 bridgehead atoms. The number of hydrogen-bond donors (Lipinski definition) is 1. The van der Waals surface area contributed by atoms with Gasteiger partial charge in [0.1, 0.15) is 4.83 Å². The summed E-state index contributed by atoms with van der Waals surface area (Å²) in [6.07, 6.45) is 2.81. The van der Waals surface area contributed by atoms with Gasteiger partial charge in [-0.2, -0.15) is 0 Å². The first-order chi connectivity index (χ1) is 12.5. The number of carbonyl (C=O) groups is 1. The molecule has 1 aromatic carbocycles. The maximum Gasteiger partial charge on any atom is 0.306 e. The normalized spacial score (nSPS) is 16.7. The number of pyridine rings is 1. The number of carboxylic acid groups (broad SMARTS) is 1. The molecule has 3 aromatic rings. The number of benzene rings is 1. The summed E-state index contributed by atoms with van der Waals surface area (Å²) in [6.45, 7) is 4.14. The van der Waals surface area contributed by atoms with Crippen LogP contribution in [0.15, 0.2) is 24.3 Å². The first-order valence-corrected chi connectivity index (χ1v) is 10.1. The minimum absolute atomic E-state index is 0.292. The molecule has 0 saturated heterocycles. The third-order valence-corrected chi connectivity index (χ3v) is 6.79. The fraction of sp³-hybridized carbons (Fsp3) is 0.333. The first-order valence-electron chi connectivity index (χ1n) is 8.92. The van der Waals surface area contributed by atoms with Gasteiger partial charge in [0.2, 0.25) is 0 Å². The van der Waals surface area contributed by atoms with Gasteiger partial charge in [-0.25, -0.2) is 4.98 Å². The van der Waals surface area contributed by atoms with Crippen LogP contribution in [0.3, 0.4) is 0 Å². The average Bonchev–Trinajstić information content (AvgIpc) is 2.99. The Morgan fingerprint density at radius 2 is 2.08 bits per heavy atom. The largest absolute Gasteiger partial charge is 0.481 e. The van der Waals surface area contributed by atoms with Crippen molar-refractivity contribution >= 4 is 39.1 Å². The summed E-state index contributed by atoms with van der Waals surface area (Å²) in [4.78, 5) is 18.4. The molecule has 1 aliphatic rings. The second kappa shape index (κ2) is 6.67. The van der Waals surface area contributed by atoms with Gasteiger partial charge in [-0.15, -0.1) is 11.3 Å². The van der Waals surface area contributed by atoms with Crippen LogP contribution in [-0.2, 0) is 24.1 Å². The highest BCUT2D eigenvalue weighted by Gasteiger charge is 2.29. The number of carboxylic acids is 1. The number of aliphatic carboxylic acids is 1. The third kappa shape index (κ3) is 2.81. The molecule has 0 fully saturated rings. The van der Waals surface area contributed by atoms with Crippen molar-refractivity contribution in [2.45, 2.75) is 39.5 Å². The highest BCUT2D eigenvalue weighted by Crippen LogP contribution is 2.45. The van der Waals surface area contributed by atoms with E-state index in [-0.39, 0.29) is 5.92 Å². The van der Waals surface area contributed by atoms with Gasteiger partial charge in [0.25, 0.3) is 0 Å². The number of rotatable bonds is 3. The Morgan fingerprint density at radius 1 is 1.35 bits per heavy atom. The molecule has 5 heteroatoms. The quantitative estimate of drug-likeness (QED) is 0.631. The lowest BCUT2D eigenvalue weighted by molar-refractivity contribution is -0.142. The van der Waals surface area contributed by atoms with Crippen molar-refractivity contribution < 1.29 is 9.90 Å². The van der Waals surface area contributed by atoms with Crippen LogP contribution in [-0.4, -0.2) is 16.1 Å². The van der Waals surface area contributed by atoms with Crippen LogP contribution in [0.1, 0.15) is 35.0 Å². The molecule has 1 aliphatic carbocycles. The van der Waals surface area contributed by atoms with Crippen molar-refractivity contribution in [2.75, 3.05) is 0 Å². The summed E-state index contributed by atoms with van der Waals surface area (Å²) in [5.74, 6) is -0.994. The molecule has 2 aromatic heterocycles. The third-order valence-electron chi connectivity index (χ3n) is 5.23. The van der Waals surface area contributed by atoms with Crippen molar-refractivity contribution in [1.82, 2.24) is 4.98 Å². The Bertz CT molecular complexity index is 1010. The minimum atomic E-state index is -0.702. The summed E-state index contributed by atoms with van der Waals surface area (Å²) in [6, 6.07) is 8.43. The Morgan fingerprint density at radius 3 is 2.73 bits per heavy atom. The molecule has 0 saturated carbocycles. The van der Waals surface area contributed by atoms with Gasteiger partial charge >= 0.3 is 5.97 Å². The predicted octanol–water partition coefficient (Wildman–Crippen LogP) is 5.68. The van der Waals surface area contributed by atoms with Crippen LogP contribution in [0, 0.1) is 12.8 Å². The van der Waals surface area contributed by atoms with Crippen LogP contribution >= 0.6 is 22.9 Å². The molecule has 2 heterocycles. The van der Waals surface area contributed by atoms with Gasteiger partial charge in [0.05, 0.1) is 16.6 Å². The van der Waals surface area contributed by atoms with Gasteiger partial charge < -0.3 is 5.11 Å². The Labute approximate surface area is 161 Å². The molecule has 134 valence electrons. The van der Waals surface area contributed by atoms with E-state index in [1.807, 2.05) is 0 Å². The number of fused-ring (bicyclic) bond motifs is 3. The van der Waals surface area contributed by atoms with Crippen molar-refractivity contribution in [1.29, 1.82) is 0 Å². The molecule has 0 amide bonds. The number of thiophene rings is 1. The highest BCUT2D eigenvalue weighted by atomic mass is 35.5. The van der Waals surface area contributed by atoms with Crippen LogP contribution in [0.4, 0.5) is 0 Å². The lowest BCUT2D eigenvalue weighted by Gasteiger charge is -2.19. The summed E-state index contributed by atoms with van der Waals surface area (Å²) < 4.78 is 0. The Kier molecular flexibility index (Phi) is 4.49. The van der Waals surface area contributed by atoms with E-state index in [1.165, 1.54) is 11.1 Å². The van der Waals surface area contributed by atoms with Gasteiger partial charge in [-0.1, -0.05) is 48.4 Å². The lowest BCUT2D eigenvalue weighted by Crippen LogP contribution is -2.20. The van der Waals surface area contributed by atoms with E-state index in [9.17, 15) is 9.90 Å². The van der Waals surface area contributed by atoms with Crippen molar-refractivity contribution in [2.24, 2.45) is 5.92 Å². The topological polar surface area (TPSA) is 50.2 Å². The number of aryl methyl sites for hydroxylation is 3. The SMILES string of the molecule is CCc1nc2sc3c(c2c(-c2ccc(C)cc2)c1Cl)CCC(C(=O)O)C3. The smallest absolute Gasteiger partial charge is 0.306 e. The zero-order chi connectivity index (χ0) is 18.4. The molecule has 0 radical (unpaired) electrons. The highest BCUT2D eigenvalue weighted by molar-refractivity contribution is 7.19. The lowest BCUT2D eigenvalue weighted by atomic mass is 9.86. The van der Waals surface area contributed by atoms with Gasteiger partial charge in [0.15, 0.2) is 0 Å². The fourth-order valence-corrected chi connectivity index (χ4v) is 5.48. The molecule has 4 rings (SSSR count). The van der Waals surface area contributed by atoms with E-state index >= 15 is 0 Å². The van der Waals surface area contributed by atoms with E-state index in [1.54, 1.807) is 11.3 Å². The minimum Gasteiger partial charge on any atom is -0.481 e. The summed E-state index contributed by atoms with van der Waals surface area (Å²) >= 11 is 8.43. The molecular weight excluding hydrogens is 366 g/mol. The van der Waals surface area contributed by atoms with Gasteiger partial charge in [-0.3, -0.25) is 4.79 Å². The van der Waals surface area contributed by atoms with Crippen LogP contribution in [0.5, 0.6) is 0 Å². The van der Waals surface area contributed by atoms with Crippen LogP contribution < -0.4 is 0 Å². The summed E-state index contributed by atoms with van der Waals surface area (Å²) in [7, 11) is 0. The van der Waals surface area contributed by atoms with E-state index in [4.69, 9.17) is 16.6 Å². The Balaban J connectivity index is 1.99. The van der Waals surface area contributed by atoms with Crippen molar-refractivity contribution in [3.05, 3.63) is 51.0 Å². The van der Waals surface area contributed by atoms with E-state index in [2.05, 4.69) is 38.1 Å². The summed E-state index contributed by atoms with van der Waals surface area (Å²) in [5, 5.41) is 11.2. The monoisotopic (exact) mass is 385 g/mol. The molecule has 1 atom stereocenters. The maximum absolute atomic E-state index is 11.4. The Hall–Kier alpha value is -1.91. The fourth-order valence-electron chi connectivity index (χ4n) is 3.77. The van der Waals surface area contributed by atoms with Crippen molar-refractivity contribution in [3.8, 4) is 11.1 Å². The van der Waals surface area contributed by atoms with E-state index < -0.39 is 5.97 Å². The molecule has 0 spiro atoms. The second-order valence-electron chi connectivity index (χ2n) is 6.93. The number of nitrogens with zero attached hydrogens (tertiary/aromatic N) is 1. The van der Waals surface area contributed by atoms with Crippen LogP contribution in [0.2, 0.25) is 5.02 Å². The average molecular weight is 386 g/mol. The van der Waals surface area contributed by atoms with Gasteiger partial charge in [0, 0.05) is 15.8 Å². The zero-order valence-corrected chi connectivity index (χ0v) is 16.4. The molecule has 26 heavy (non-hydrogen) atoms. The molecular formula is C21H20ClNO2S. The zero-order valence-electron chi connectivity index (χ0n) is 14.8. The maximum atomic E-state index is 11.4. The molecule has 1 N–H and O–H groups in total. The summed E-state index contributed by atoms with van der Waals surface area (Å²) in [5.41, 5.74) is 5.52. The second-order valence-corrected chi connectivity index (χ2v) is 8.39. The number of halogens is 1. The van der Waals surface area contributed by atoms with E-state index in [0.717, 1.165) is 49.8 Å². The predicted molar refractivity (Wildman–Crippen MR) is 107 cm³/mol. The number of hydrogen-bond acceptors (Lipinski definition) is 3.